The second-order valence-corrected chi connectivity index (χ2v) is 8.89. The molecule has 1 aromatic heterocycles. The topological polar surface area (TPSA) is 61.3 Å². The third kappa shape index (κ3) is 4.30. The zero-order chi connectivity index (χ0) is 17.8. The molecule has 138 valence electrons. The largest absolute Gasteiger partial charge is 0.396 e. The second-order valence-electron chi connectivity index (χ2n) is 7.35. The fourth-order valence-electron chi connectivity index (χ4n) is 3.48. The molecular formula is C20H26N4OS. The van der Waals surface area contributed by atoms with Gasteiger partial charge in [-0.2, -0.15) is 0 Å². The third-order valence-electron chi connectivity index (χ3n) is 5.23. The minimum atomic E-state index is 0.256. The zero-order valence-corrected chi connectivity index (χ0v) is 15.8. The highest BCUT2D eigenvalue weighted by Gasteiger charge is 2.43. The smallest absolute Gasteiger partial charge is 0.134 e. The van der Waals surface area contributed by atoms with Crippen LogP contribution in [0.1, 0.15) is 25.7 Å². The van der Waals surface area contributed by atoms with Crippen molar-refractivity contribution in [3.8, 4) is 0 Å². The SMILES string of the molecule is OCC1CCCN(c2cc(NCC3(Sc4ccccc4)CC3)ncn2)C1. The summed E-state index contributed by atoms with van der Waals surface area (Å²) in [4.78, 5) is 12.5. The van der Waals surface area contributed by atoms with Crippen LogP contribution in [0.4, 0.5) is 11.6 Å². The zero-order valence-electron chi connectivity index (χ0n) is 15.0. The molecule has 1 saturated heterocycles. The molecule has 6 heteroatoms. The average Bonchev–Trinajstić information content (AvgIpc) is 3.47. The predicted molar refractivity (Wildman–Crippen MR) is 107 cm³/mol. The molecule has 1 aliphatic carbocycles. The molecule has 1 aromatic carbocycles. The van der Waals surface area contributed by atoms with Crippen LogP contribution < -0.4 is 10.2 Å². The van der Waals surface area contributed by atoms with E-state index in [0.717, 1.165) is 44.1 Å². The molecule has 0 spiro atoms. The van der Waals surface area contributed by atoms with Gasteiger partial charge < -0.3 is 15.3 Å². The van der Waals surface area contributed by atoms with Gasteiger partial charge in [0.05, 0.1) is 0 Å². The molecule has 1 atom stereocenters. The van der Waals surface area contributed by atoms with Crippen molar-refractivity contribution in [2.75, 3.05) is 36.5 Å². The van der Waals surface area contributed by atoms with Crippen LogP contribution >= 0.6 is 11.8 Å². The molecule has 1 saturated carbocycles. The van der Waals surface area contributed by atoms with Crippen molar-refractivity contribution in [3.63, 3.8) is 0 Å². The van der Waals surface area contributed by atoms with E-state index in [0.29, 0.717) is 10.7 Å². The standard InChI is InChI=1S/C20H26N4OS/c25-13-16-5-4-10-24(12-16)19-11-18(22-15-23-19)21-14-20(8-9-20)26-17-6-2-1-3-7-17/h1-3,6-7,11,15-16,25H,4-5,8-10,12-14H2,(H,21,22,23). The Morgan fingerprint density at radius 3 is 2.85 bits per heavy atom. The van der Waals surface area contributed by atoms with Crippen LogP contribution in [0.3, 0.4) is 0 Å². The van der Waals surface area contributed by atoms with Crippen LogP contribution in [0.5, 0.6) is 0 Å². The van der Waals surface area contributed by atoms with Gasteiger partial charge in [0.1, 0.15) is 18.0 Å². The minimum Gasteiger partial charge on any atom is -0.396 e. The van der Waals surface area contributed by atoms with E-state index in [1.54, 1.807) is 6.33 Å². The molecule has 2 N–H and O–H groups in total. The maximum absolute atomic E-state index is 9.44. The molecule has 2 aromatic rings. The predicted octanol–water partition coefficient (Wildman–Crippen LogP) is 3.42. The molecule has 0 radical (unpaired) electrons. The summed E-state index contributed by atoms with van der Waals surface area (Å²) >= 11 is 1.97. The van der Waals surface area contributed by atoms with Crippen LogP contribution in [-0.4, -0.2) is 46.1 Å². The lowest BCUT2D eigenvalue weighted by Crippen LogP contribution is -2.37. The van der Waals surface area contributed by atoms with Crippen LogP contribution in [0.15, 0.2) is 47.6 Å². The van der Waals surface area contributed by atoms with Gasteiger partial charge in [-0.05, 0) is 43.7 Å². The molecule has 0 bridgehead atoms. The molecule has 26 heavy (non-hydrogen) atoms. The quantitative estimate of drug-likeness (QED) is 0.779. The summed E-state index contributed by atoms with van der Waals surface area (Å²) in [5.41, 5.74) is 0. The normalized spacial score (nSPS) is 21.4. The molecule has 5 nitrogen and oxygen atoms in total. The first-order valence-corrected chi connectivity index (χ1v) is 10.2. The maximum Gasteiger partial charge on any atom is 0.134 e. The van der Waals surface area contributed by atoms with E-state index in [-0.39, 0.29) is 6.61 Å². The number of aliphatic hydroxyl groups is 1. The molecule has 2 heterocycles. The van der Waals surface area contributed by atoms with Crippen LogP contribution in [0, 0.1) is 5.92 Å². The van der Waals surface area contributed by atoms with Gasteiger partial charge in [0.15, 0.2) is 0 Å². The van der Waals surface area contributed by atoms with E-state index in [2.05, 4.69) is 50.5 Å². The number of hydrogen-bond donors (Lipinski definition) is 2. The Balaban J connectivity index is 1.37. The molecule has 0 amide bonds. The fraction of sp³-hybridized carbons (Fsp3) is 0.500. The maximum atomic E-state index is 9.44. The summed E-state index contributed by atoms with van der Waals surface area (Å²) in [6, 6.07) is 12.7. The van der Waals surface area contributed by atoms with E-state index in [4.69, 9.17) is 0 Å². The lowest BCUT2D eigenvalue weighted by Gasteiger charge is -2.32. The van der Waals surface area contributed by atoms with Crippen molar-refractivity contribution in [1.82, 2.24) is 9.97 Å². The number of benzene rings is 1. The van der Waals surface area contributed by atoms with Crippen LogP contribution in [0.2, 0.25) is 0 Å². The van der Waals surface area contributed by atoms with Crippen molar-refractivity contribution in [3.05, 3.63) is 42.7 Å². The molecule has 4 rings (SSSR count). The summed E-state index contributed by atoms with van der Waals surface area (Å²) in [6.45, 7) is 3.05. The van der Waals surface area contributed by atoms with Crippen LogP contribution in [0.25, 0.3) is 0 Å². The third-order valence-corrected chi connectivity index (χ3v) is 6.72. The van der Waals surface area contributed by atoms with Gasteiger partial charge in [0, 0.05) is 42.0 Å². The van der Waals surface area contributed by atoms with Gasteiger partial charge >= 0.3 is 0 Å². The van der Waals surface area contributed by atoms with E-state index in [1.807, 2.05) is 17.8 Å². The molecular weight excluding hydrogens is 344 g/mol. The van der Waals surface area contributed by atoms with Crippen molar-refractivity contribution >= 4 is 23.4 Å². The Morgan fingerprint density at radius 1 is 1.23 bits per heavy atom. The number of aromatic nitrogens is 2. The molecule has 1 aliphatic heterocycles. The van der Waals surface area contributed by atoms with Crippen molar-refractivity contribution in [1.29, 1.82) is 0 Å². The van der Waals surface area contributed by atoms with E-state index < -0.39 is 0 Å². The van der Waals surface area contributed by atoms with Crippen LogP contribution in [-0.2, 0) is 0 Å². The van der Waals surface area contributed by atoms with Gasteiger partial charge in [0.2, 0.25) is 0 Å². The number of rotatable bonds is 7. The second kappa shape index (κ2) is 7.84. The van der Waals surface area contributed by atoms with Gasteiger partial charge in [0.25, 0.3) is 0 Å². The first kappa shape index (κ1) is 17.6. The van der Waals surface area contributed by atoms with Crippen molar-refractivity contribution in [2.45, 2.75) is 35.3 Å². The monoisotopic (exact) mass is 370 g/mol. The van der Waals surface area contributed by atoms with E-state index >= 15 is 0 Å². The summed E-state index contributed by atoms with van der Waals surface area (Å²) in [5, 5.41) is 13.0. The number of thioether (sulfide) groups is 1. The van der Waals surface area contributed by atoms with Gasteiger partial charge in [-0.3, -0.25) is 0 Å². The average molecular weight is 371 g/mol. The minimum absolute atomic E-state index is 0.256. The van der Waals surface area contributed by atoms with E-state index in [9.17, 15) is 5.11 Å². The highest BCUT2D eigenvalue weighted by atomic mass is 32.2. The first-order valence-electron chi connectivity index (χ1n) is 9.42. The highest BCUT2D eigenvalue weighted by molar-refractivity contribution is 8.01. The lowest BCUT2D eigenvalue weighted by molar-refractivity contribution is 0.208. The Morgan fingerprint density at radius 2 is 2.08 bits per heavy atom. The Hall–Kier alpha value is -1.79. The number of aliphatic hydroxyl groups excluding tert-OH is 1. The highest BCUT2D eigenvalue weighted by Crippen LogP contribution is 2.51. The van der Waals surface area contributed by atoms with Gasteiger partial charge in [-0.1, -0.05) is 18.2 Å². The summed E-state index contributed by atoms with van der Waals surface area (Å²) in [7, 11) is 0. The Labute approximate surface area is 159 Å². The number of nitrogens with zero attached hydrogens (tertiary/aromatic N) is 3. The summed E-state index contributed by atoms with van der Waals surface area (Å²) in [5.74, 6) is 2.20. The summed E-state index contributed by atoms with van der Waals surface area (Å²) < 4.78 is 0.291. The Bertz CT molecular complexity index is 723. The van der Waals surface area contributed by atoms with Gasteiger partial charge in [-0.15, -0.1) is 11.8 Å². The van der Waals surface area contributed by atoms with Crippen molar-refractivity contribution in [2.24, 2.45) is 5.92 Å². The molecule has 2 aliphatic rings. The first-order chi connectivity index (χ1) is 12.8. The molecule has 1 unspecified atom stereocenters. The number of anilines is 2. The number of hydrogen-bond acceptors (Lipinski definition) is 6. The van der Waals surface area contributed by atoms with Gasteiger partial charge in [-0.25, -0.2) is 9.97 Å². The van der Waals surface area contributed by atoms with Crippen molar-refractivity contribution < 1.29 is 5.11 Å². The van der Waals surface area contributed by atoms with E-state index in [1.165, 1.54) is 17.7 Å². The summed E-state index contributed by atoms with van der Waals surface area (Å²) in [6.07, 6.45) is 6.32. The lowest BCUT2D eigenvalue weighted by atomic mass is 9.99. The number of nitrogens with one attached hydrogen (secondary N) is 1. The Kier molecular flexibility index (Phi) is 5.31. The molecule has 2 fully saturated rings. The number of piperidine rings is 1. The fourth-order valence-corrected chi connectivity index (χ4v) is 4.73.